The summed E-state index contributed by atoms with van der Waals surface area (Å²) in [6.45, 7) is 3.96. The third kappa shape index (κ3) is 3.58. The molecule has 0 radical (unpaired) electrons. The molecule has 0 spiro atoms. The summed E-state index contributed by atoms with van der Waals surface area (Å²) in [5.41, 5.74) is 2.35. The highest BCUT2D eigenvalue weighted by atomic mass is 15.3. The summed E-state index contributed by atoms with van der Waals surface area (Å²) in [6, 6.07) is 10.8. The molecular formula is C16H19N5. The van der Waals surface area contributed by atoms with Crippen LogP contribution in [0.15, 0.2) is 61.4 Å². The van der Waals surface area contributed by atoms with E-state index < -0.39 is 0 Å². The Kier molecular flexibility index (Phi) is 4.12. The van der Waals surface area contributed by atoms with Crippen LogP contribution >= 0.6 is 0 Å². The van der Waals surface area contributed by atoms with Crippen LogP contribution in [0.2, 0.25) is 0 Å². The topological polar surface area (TPSA) is 47.7 Å². The zero-order valence-corrected chi connectivity index (χ0v) is 12.1. The minimum Gasteiger partial charge on any atom is -0.336 e. The van der Waals surface area contributed by atoms with E-state index in [1.54, 1.807) is 12.4 Å². The van der Waals surface area contributed by atoms with Gasteiger partial charge in [-0.3, -0.25) is 0 Å². The highest BCUT2D eigenvalue weighted by Crippen LogP contribution is 2.08. The summed E-state index contributed by atoms with van der Waals surface area (Å²) >= 11 is 0. The molecule has 1 N–H and O–H groups in total. The van der Waals surface area contributed by atoms with Gasteiger partial charge in [0.25, 0.3) is 0 Å². The maximum Gasteiger partial charge on any atom is 0.0946 e. The Morgan fingerprint density at radius 1 is 1.14 bits per heavy atom. The molecule has 21 heavy (non-hydrogen) atoms. The molecule has 0 aliphatic carbocycles. The molecule has 5 heteroatoms. The van der Waals surface area contributed by atoms with Gasteiger partial charge in [0.1, 0.15) is 0 Å². The van der Waals surface area contributed by atoms with E-state index in [1.165, 1.54) is 5.56 Å². The highest BCUT2D eigenvalue weighted by Gasteiger charge is 2.03. The summed E-state index contributed by atoms with van der Waals surface area (Å²) in [6.07, 6.45) is 9.36. The van der Waals surface area contributed by atoms with E-state index in [1.807, 2.05) is 29.5 Å². The maximum atomic E-state index is 4.22. The molecular weight excluding hydrogens is 262 g/mol. The first-order valence-electron chi connectivity index (χ1n) is 7.09. The molecule has 1 atom stereocenters. The predicted molar refractivity (Wildman–Crippen MR) is 82.1 cm³/mol. The normalized spacial score (nSPS) is 12.4. The van der Waals surface area contributed by atoms with E-state index in [4.69, 9.17) is 0 Å². The van der Waals surface area contributed by atoms with Crippen LogP contribution in [-0.2, 0) is 13.1 Å². The fraction of sp³-hybridized carbons (Fsp3) is 0.250. The van der Waals surface area contributed by atoms with Gasteiger partial charge in [0, 0.05) is 43.9 Å². The van der Waals surface area contributed by atoms with Gasteiger partial charge < -0.3 is 9.88 Å². The van der Waals surface area contributed by atoms with Crippen molar-refractivity contribution in [2.75, 3.05) is 0 Å². The van der Waals surface area contributed by atoms with Crippen molar-refractivity contribution in [2.24, 2.45) is 0 Å². The summed E-state index contributed by atoms with van der Waals surface area (Å²) < 4.78 is 3.94. The van der Waals surface area contributed by atoms with Gasteiger partial charge in [0.15, 0.2) is 0 Å². The Hall–Kier alpha value is -2.40. The maximum absolute atomic E-state index is 4.22. The fourth-order valence-electron chi connectivity index (χ4n) is 2.26. The van der Waals surface area contributed by atoms with Crippen molar-refractivity contribution in [1.29, 1.82) is 0 Å². The number of nitrogens with one attached hydrogen (secondary N) is 1. The van der Waals surface area contributed by atoms with E-state index >= 15 is 0 Å². The number of nitrogens with zero attached hydrogens (tertiary/aromatic N) is 4. The highest BCUT2D eigenvalue weighted by molar-refractivity contribution is 5.33. The molecule has 5 nitrogen and oxygen atoms in total. The lowest BCUT2D eigenvalue weighted by Crippen LogP contribution is -2.29. The van der Waals surface area contributed by atoms with Crippen LogP contribution in [0.1, 0.15) is 12.5 Å². The van der Waals surface area contributed by atoms with E-state index in [9.17, 15) is 0 Å². The number of imidazole rings is 1. The van der Waals surface area contributed by atoms with Gasteiger partial charge in [-0.2, -0.15) is 5.10 Å². The summed E-state index contributed by atoms with van der Waals surface area (Å²) in [7, 11) is 0. The van der Waals surface area contributed by atoms with Gasteiger partial charge in [0.2, 0.25) is 0 Å². The Morgan fingerprint density at radius 2 is 2.00 bits per heavy atom. The molecule has 0 aliphatic rings. The summed E-state index contributed by atoms with van der Waals surface area (Å²) in [5, 5.41) is 7.74. The monoisotopic (exact) mass is 281 g/mol. The van der Waals surface area contributed by atoms with Gasteiger partial charge in [0.05, 0.1) is 12.0 Å². The molecule has 1 aromatic carbocycles. The third-order valence-electron chi connectivity index (χ3n) is 3.40. The van der Waals surface area contributed by atoms with Crippen LogP contribution in [0.5, 0.6) is 0 Å². The zero-order chi connectivity index (χ0) is 14.5. The molecule has 3 aromatic rings. The van der Waals surface area contributed by atoms with Gasteiger partial charge in [-0.05, 0) is 30.7 Å². The quantitative estimate of drug-likeness (QED) is 0.754. The van der Waals surface area contributed by atoms with Crippen LogP contribution in [-0.4, -0.2) is 25.4 Å². The van der Waals surface area contributed by atoms with Gasteiger partial charge in [-0.1, -0.05) is 12.1 Å². The number of hydrogen-bond acceptors (Lipinski definition) is 3. The van der Waals surface area contributed by atoms with Crippen LogP contribution in [0, 0.1) is 0 Å². The van der Waals surface area contributed by atoms with E-state index in [-0.39, 0.29) is 0 Å². The van der Waals surface area contributed by atoms with E-state index in [0.29, 0.717) is 6.04 Å². The number of aromatic nitrogens is 4. The van der Waals surface area contributed by atoms with Crippen molar-refractivity contribution in [3.63, 3.8) is 0 Å². The molecule has 3 rings (SSSR count). The van der Waals surface area contributed by atoms with Gasteiger partial charge in [-0.15, -0.1) is 0 Å². The van der Waals surface area contributed by atoms with E-state index in [0.717, 1.165) is 18.8 Å². The molecule has 1 unspecified atom stereocenters. The average molecular weight is 281 g/mol. The predicted octanol–water partition coefficient (Wildman–Crippen LogP) is 2.25. The minimum atomic E-state index is 0.394. The summed E-state index contributed by atoms with van der Waals surface area (Å²) in [5.74, 6) is 0. The lowest BCUT2D eigenvalue weighted by molar-refractivity contribution is 0.476. The standard InChI is InChI=1S/C16H19N5/c1-14(12-20-10-8-17-13-20)18-11-15-3-5-16(6-4-15)21-9-2-7-19-21/h2-10,13-14,18H,11-12H2,1H3. The van der Waals surface area contributed by atoms with Crippen molar-refractivity contribution in [1.82, 2.24) is 24.6 Å². The number of benzene rings is 1. The minimum absolute atomic E-state index is 0.394. The Morgan fingerprint density at radius 3 is 2.67 bits per heavy atom. The van der Waals surface area contributed by atoms with Crippen molar-refractivity contribution >= 4 is 0 Å². The first kappa shape index (κ1) is 13.6. The smallest absolute Gasteiger partial charge is 0.0946 e. The SMILES string of the molecule is CC(Cn1ccnc1)NCc1ccc(-n2cccn2)cc1. The Balaban J connectivity index is 1.53. The molecule has 0 aliphatic heterocycles. The molecule has 2 aromatic heterocycles. The summed E-state index contributed by atoms with van der Waals surface area (Å²) in [4.78, 5) is 4.05. The molecule has 2 heterocycles. The molecule has 0 fully saturated rings. The molecule has 0 saturated carbocycles. The van der Waals surface area contributed by atoms with Crippen LogP contribution in [0.4, 0.5) is 0 Å². The second kappa shape index (κ2) is 6.37. The second-order valence-corrected chi connectivity index (χ2v) is 5.16. The molecule has 0 saturated heterocycles. The Labute approximate surface area is 124 Å². The van der Waals surface area contributed by atoms with Crippen LogP contribution in [0.3, 0.4) is 0 Å². The van der Waals surface area contributed by atoms with Crippen molar-refractivity contribution < 1.29 is 0 Å². The lowest BCUT2D eigenvalue weighted by Gasteiger charge is -2.14. The van der Waals surface area contributed by atoms with Crippen LogP contribution < -0.4 is 5.32 Å². The third-order valence-corrected chi connectivity index (χ3v) is 3.40. The Bertz CT molecular complexity index is 641. The van der Waals surface area contributed by atoms with E-state index in [2.05, 4.69) is 51.2 Å². The fourth-order valence-corrected chi connectivity index (χ4v) is 2.26. The average Bonchev–Trinajstić information content (AvgIpc) is 3.19. The first-order chi connectivity index (χ1) is 10.3. The number of hydrogen-bond donors (Lipinski definition) is 1. The second-order valence-electron chi connectivity index (χ2n) is 5.16. The first-order valence-corrected chi connectivity index (χ1v) is 7.09. The van der Waals surface area contributed by atoms with Crippen molar-refractivity contribution in [2.45, 2.75) is 26.1 Å². The van der Waals surface area contributed by atoms with Crippen molar-refractivity contribution in [3.05, 3.63) is 67.0 Å². The zero-order valence-electron chi connectivity index (χ0n) is 12.1. The molecule has 0 amide bonds. The van der Waals surface area contributed by atoms with Crippen molar-refractivity contribution in [3.8, 4) is 5.69 Å². The van der Waals surface area contributed by atoms with Gasteiger partial charge in [-0.25, -0.2) is 9.67 Å². The van der Waals surface area contributed by atoms with Gasteiger partial charge >= 0.3 is 0 Å². The largest absolute Gasteiger partial charge is 0.336 e. The molecule has 0 bridgehead atoms. The number of rotatable bonds is 6. The van der Waals surface area contributed by atoms with Crippen LogP contribution in [0.25, 0.3) is 5.69 Å². The molecule has 108 valence electrons. The lowest BCUT2D eigenvalue weighted by atomic mass is 10.2.